The minimum atomic E-state index is -0.497. The Bertz CT molecular complexity index is 598. The molecule has 3 atom stereocenters. The molecule has 0 aliphatic rings. The van der Waals surface area contributed by atoms with Crippen molar-refractivity contribution < 1.29 is 23.9 Å². The summed E-state index contributed by atoms with van der Waals surface area (Å²) in [7, 11) is 0. The summed E-state index contributed by atoms with van der Waals surface area (Å²) in [5, 5.41) is 0. The molecule has 0 aromatic rings. The molecule has 5 nitrogen and oxygen atoms in total. The molecule has 0 radical (unpaired) electrons. The third kappa shape index (κ3) is 19.5. The first-order valence-corrected chi connectivity index (χ1v) is 14.8. The summed E-state index contributed by atoms with van der Waals surface area (Å²) in [4.78, 5) is 36.5. The van der Waals surface area contributed by atoms with Crippen LogP contribution in [0.25, 0.3) is 0 Å². The zero-order valence-corrected chi connectivity index (χ0v) is 24.2. The Labute approximate surface area is 222 Å². The number of Topliss-reactive ketones (excluding diaryl/α,β-unsaturated/α-hetero) is 1. The molecule has 5 heteroatoms. The summed E-state index contributed by atoms with van der Waals surface area (Å²) in [6.45, 7) is 11.1. The second-order valence-electron chi connectivity index (χ2n) is 10.4. The molecule has 0 aliphatic carbocycles. The van der Waals surface area contributed by atoms with Crippen molar-refractivity contribution in [1.29, 1.82) is 0 Å². The zero-order valence-electron chi connectivity index (χ0n) is 24.2. The quantitative estimate of drug-likeness (QED) is 0.0744. The normalized spacial score (nSPS) is 13.9. The highest BCUT2D eigenvalue weighted by atomic mass is 16.5. The molecule has 0 saturated carbocycles. The molecule has 210 valence electrons. The van der Waals surface area contributed by atoms with E-state index in [0.29, 0.717) is 37.9 Å². The van der Waals surface area contributed by atoms with Gasteiger partial charge in [0.25, 0.3) is 0 Å². The molecule has 0 aromatic carbocycles. The maximum Gasteiger partial charge on any atom is 0.309 e. The summed E-state index contributed by atoms with van der Waals surface area (Å²) in [5.41, 5.74) is 0. The Morgan fingerprint density at radius 1 is 0.722 bits per heavy atom. The minimum Gasteiger partial charge on any atom is -0.465 e. The highest BCUT2D eigenvalue weighted by Gasteiger charge is 2.24. The van der Waals surface area contributed by atoms with Crippen LogP contribution in [0.5, 0.6) is 0 Å². The Kier molecular flexibility index (Phi) is 22.6. The van der Waals surface area contributed by atoms with Gasteiger partial charge in [0.2, 0.25) is 0 Å². The average molecular weight is 509 g/mol. The molecule has 3 unspecified atom stereocenters. The SMILES string of the molecule is CCCCC(CC)COC(=O)CC(CC=CCCCCCCC(C)=O)C(=O)OCC(CC)CCCC. The predicted octanol–water partition coefficient (Wildman–Crippen LogP) is 8.39. The lowest BCUT2D eigenvalue weighted by atomic mass is 9.99. The first-order valence-electron chi connectivity index (χ1n) is 14.8. The van der Waals surface area contributed by atoms with E-state index in [9.17, 15) is 14.4 Å². The number of unbranched alkanes of at least 4 members (excludes halogenated alkanes) is 6. The minimum absolute atomic E-state index is 0.0736. The molecule has 0 saturated heterocycles. The van der Waals surface area contributed by atoms with Crippen LogP contribution in [0.1, 0.15) is 137 Å². The fourth-order valence-corrected chi connectivity index (χ4v) is 4.22. The molecule has 0 bridgehead atoms. The number of esters is 2. The van der Waals surface area contributed by atoms with Crippen molar-refractivity contribution in [3.63, 3.8) is 0 Å². The Balaban J connectivity index is 4.75. The van der Waals surface area contributed by atoms with Crippen molar-refractivity contribution in [3.8, 4) is 0 Å². The van der Waals surface area contributed by atoms with Crippen molar-refractivity contribution in [2.24, 2.45) is 17.8 Å². The molecule has 0 amide bonds. The van der Waals surface area contributed by atoms with Crippen LogP contribution in [0.4, 0.5) is 0 Å². The molecule has 0 N–H and O–H groups in total. The van der Waals surface area contributed by atoms with Crippen LogP contribution in [0, 0.1) is 17.8 Å². The van der Waals surface area contributed by atoms with Gasteiger partial charge in [-0.15, -0.1) is 0 Å². The summed E-state index contributed by atoms with van der Waals surface area (Å²) in [6.07, 6.45) is 19.2. The number of allylic oxidation sites excluding steroid dienone is 2. The zero-order chi connectivity index (χ0) is 27.0. The van der Waals surface area contributed by atoms with Crippen molar-refractivity contribution in [2.75, 3.05) is 13.2 Å². The Hall–Kier alpha value is -1.65. The van der Waals surface area contributed by atoms with E-state index in [4.69, 9.17) is 9.47 Å². The summed E-state index contributed by atoms with van der Waals surface area (Å²) >= 11 is 0. The van der Waals surface area contributed by atoms with E-state index in [0.717, 1.165) is 83.5 Å². The van der Waals surface area contributed by atoms with E-state index in [1.807, 2.05) is 6.08 Å². The third-order valence-corrected chi connectivity index (χ3v) is 7.01. The van der Waals surface area contributed by atoms with E-state index in [-0.39, 0.29) is 24.1 Å². The van der Waals surface area contributed by atoms with Gasteiger partial charge in [0, 0.05) is 6.42 Å². The molecule has 0 rings (SSSR count). The van der Waals surface area contributed by atoms with Crippen LogP contribution in [-0.4, -0.2) is 30.9 Å². The maximum absolute atomic E-state index is 12.9. The van der Waals surface area contributed by atoms with Gasteiger partial charge in [-0.1, -0.05) is 91.2 Å². The van der Waals surface area contributed by atoms with Crippen molar-refractivity contribution in [3.05, 3.63) is 12.2 Å². The molecule has 0 spiro atoms. The lowest BCUT2D eigenvalue weighted by Crippen LogP contribution is -2.25. The monoisotopic (exact) mass is 508 g/mol. The van der Waals surface area contributed by atoms with Gasteiger partial charge in [-0.25, -0.2) is 0 Å². The van der Waals surface area contributed by atoms with Gasteiger partial charge in [0.15, 0.2) is 0 Å². The van der Waals surface area contributed by atoms with Gasteiger partial charge in [-0.05, 0) is 57.3 Å². The first-order chi connectivity index (χ1) is 17.4. The van der Waals surface area contributed by atoms with Gasteiger partial charge in [0.1, 0.15) is 5.78 Å². The number of hydrogen-bond donors (Lipinski definition) is 0. The molecule has 0 aromatic heterocycles. The third-order valence-electron chi connectivity index (χ3n) is 7.01. The van der Waals surface area contributed by atoms with Gasteiger partial charge >= 0.3 is 11.9 Å². The van der Waals surface area contributed by atoms with E-state index in [1.165, 1.54) is 0 Å². The number of hydrogen-bond acceptors (Lipinski definition) is 5. The molecular weight excluding hydrogens is 452 g/mol. The Morgan fingerprint density at radius 3 is 1.86 bits per heavy atom. The fraction of sp³-hybridized carbons (Fsp3) is 0.839. The molecule has 36 heavy (non-hydrogen) atoms. The molecule has 0 aliphatic heterocycles. The van der Waals surface area contributed by atoms with Gasteiger partial charge in [0.05, 0.1) is 25.6 Å². The van der Waals surface area contributed by atoms with Crippen molar-refractivity contribution in [2.45, 2.75) is 137 Å². The molecule has 0 fully saturated rings. The average Bonchev–Trinajstić information content (AvgIpc) is 2.86. The highest BCUT2D eigenvalue weighted by molar-refractivity contribution is 5.80. The van der Waals surface area contributed by atoms with Crippen LogP contribution in [-0.2, 0) is 23.9 Å². The number of rotatable bonds is 24. The second kappa shape index (κ2) is 23.7. The summed E-state index contributed by atoms with van der Waals surface area (Å²) in [6, 6.07) is 0. The molecular formula is C31H56O5. The van der Waals surface area contributed by atoms with Crippen LogP contribution in [0.2, 0.25) is 0 Å². The number of carbonyl (C=O) groups excluding carboxylic acids is 3. The largest absolute Gasteiger partial charge is 0.465 e. The van der Waals surface area contributed by atoms with E-state index in [2.05, 4.69) is 33.8 Å². The lowest BCUT2D eigenvalue weighted by molar-refractivity contribution is -0.156. The lowest BCUT2D eigenvalue weighted by Gasteiger charge is -2.19. The van der Waals surface area contributed by atoms with E-state index < -0.39 is 5.92 Å². The van der Waals surface area contributed by atoms with Crippen LogP contribution < -0.4 is 0 Å². The van der Waals surface area contributed by atoms with Gasteiger partial charge in [-0.2, -0.15) is 0 Å². The van der Waals surface area contributed by atoms with Crippen molar-refractivity contribution in [1.82, 2.24) is 0 Å². The fourth-order valence-electron chi connectivity index (χ4n) is 4.22. The van der Waals surface area contributed by atoms with E-state index in [1.54, 1.807) is 6.92 Å². The van der Waals surface area contributed by atoms with Crippen molar-refractivity contribution >= 4 is 17.7 Å². The maximum atomic E-state index is 12.9. The molecule has 0 heterocycles. The number of ketones is 1. The van der Waals surface area contributed by atoms with Gasteiger partial charge in [-0.3, -0.25) is 9.59 Å². The van der Waals surface area contributed by atoms with E-state index >= 15 is 0 Å². The number of carbonyl (C=O) groups is 3. The van der Waals surface area contributed by atoms with Crippen LogP contribution in [0.15, 0.2) is 12.2 Å². The first kappa shape index (κ1) is 34.4. The topological polar surface area (TPSA) is 69.7 Å². The predicted molar refractivity (Wildman–Crippen MR) is 149 cm³/mol. The second-order valence-corrected chi connectivity index (χ2v) is 10.4. The van der Waals surface area contributed by atoms with Crippen LogP contribution >= 0.6 is 0 Å². The van der Waals surface area contributed by atoms with Gasteiger partial charge < -0.3 is 14.3 Å². The van der Waals surface area contributed by atoms with Crippen LogP contribution in [0.3, 0.4) is 0 Å². The number of ether oxygens (including phenoxy) is 2. The highest BCUT2D eigenvalue weighted by Crippen LogP contribution is 2.19. The Morgan fingerprint density at radius 2 is 1.31 bits per heavy atom. The smallest absolute Gasteiger partial charge is 0.309 e. The standard InChI is InChI=1S/C31H56O5/c1-6-10-20-27(8-3)24-35-30(33)23-29(31(34)36-25-28(9-4)21-11-7-2)22-18-16-14-12-13-15-17-19-26(5)32/h16,18,27-29H,6-15,17,19-25H2,1-5H3. The summed E-state index contributed by atoms with van der Waals surface area (Å²) in [5.74, 6) is -0.0584. The summed E-state index contributed by atoms with van der Waals surface area (Å²) < 4.78 is 11.3.